The molecule has 2 aromatic rings. The number of hydrogen-bond donors (Lipinski definition) is 1. The van der Waals surface area contributed by atoms with Crippen LogP contribution in [0.15, 0.2) is 47.9 Å². The topological polar surface area (TPSA) is 46.2 Å². The third kappa shape index (κ3) is 4.32. The summed E-state index contributed by atoms with van der Waals surface area (Å²) in [5, 5.41) is 7.90. The van der Waals surface area contributed by atoms with E-state index in [1.165, 1.54) is 5.56 Å². The zero-order valence-corrected chi connectivity index (χ0v) is 13.7. The average Bonchev–Trinajstić information content (AvgIpc) is 3.14. The van der Waals surface area contributed by atoms with Crippen molar-refractivity contribution in [2.45, 2.75) is 24.9 Å². The van der Waals surface area contributed by atoms with Crippen LogP contribution in [0.5, 0.6) is 0 Å². The van der Waals surface area contributed by atoms with Crippen LogP contribution in [-0.2, 0) is 7.05 Å². The standard InChI is InChI=1S/C17H26N4O/c1-5-6-8-15(17-9-7-10-22-17)18-12-16(20(2)3)14-11-19-21(4)13-14/h5,7,9-11,13,15-16,18H,1,6,8,12H2,2-4H3/t15-,16-/m1/s1. The molecule has 0 saturated heterocycles. The number of aryl methyl sites for hydroxylation is 1. The van der Waals surface area contributed by atoms with Gasteiger partial charge in [0.05, 0.1) is 18.5 Å². The highest BCUT2D eigenvalue weighted by molar-refractivity contribution is 5.12. The first-order valence-electron chi connectivity index (χ1n) is 7.64. The van der Waals surface area contributed by atoms with Crippen molar-refractivity contribution in [1.82, 2.24) is 20.0 Å². The molecule has 2 atom stereocenters. The molecule has 22 heavy (non-hydrogen) atoms. The SMILES string of the molecule is C=CCC[C@@H](NC[C@H](c1cnn(C)c1)N(C)C)c1ccco1. The molecule has 0 spiro atoms. The predicted octanol–water partition coefficient (Wildman–Crippen LogP) is 2.91. The second kappa shape index (κ2) is 7.96. The Morgan fingerprint density at radius 2 is 2.32 bits per heavy atom. The first-order valence-corrected chi connectivity index (χ1v) is 7.64. The zero-order valence-electron chi connectivity index (χ0n) is 13.7. The van der Waals surface area contributed by atoms with Gasteiger partial charge < -0.3 is 14.6 Å². The van der Waals surface area contributed by atoms with Crippen molar-refractivity contribution in [1.29, 1.82) is 0 Å². The first kappa shape index (κ1) is 16.5. The number of allylic oxidation sites excluding steroid dienone is 1. The Balaban J connectivity index is 2.03. The van der Waals surface area contributed by atoms with Crippen molar-refractivity contribution >= 4 is 0 Å². The number of aromatic nitrogens is 2. The molecule has 2 aromatic heterocycles. The van der Waals surface area contributed by atoms with E-state index in [0.29, 0.717) is 0 Å². The monoisotopic (exact) mass is 302 g/mol. The third-order valence-corrected chi connectivity index (χ3v) is 3.84. The summed E-state index contributed by atoms with van der Waals surface area (Å²) in [6.45, 7) is 4.64. The first-order chi connectivity index (χ1) is 10.6. The molecule has 0 fully saturated rings. The van der Waals surface area contributed by atoms with Gasteiger partial charge in [-0.2, -0.15) is 5.10 Å². The van der Waals surface area contributed by atoms with Crippen LogP contribution in [-0.4, -0.2) is 35.3 Å². The number of nitrogens with one attached hydrogen (secondary N) is 1. The Bertz CT molecular complexity index is 559. The van der Waals surface area contributed by atoms with Gasteiger partial charge in [0.25, 0.3) is 0 Å². The molecule has 5 heteroatoms. The van der Waals surface area contributed by atoms with Crippen molar-refractivity contribution in [3.63, 3.8) is 0 Å². The molecule has 120 valence electrons. The van der Waals surface area contributed by atoms with E-state index in [-0.39, 0.29) is 12.1 Å². The molecule has 0 aliphatic carbocycles. The van der Waals surface area contributed by atoms with Crippen molar-refractivity contribution in [2.24, 2.45) is 7.05 Å². The summed E-state index contributed by atoms with van der Waals surface area (Å²) in [6, 6.07) is 4.43. The third-order valence-electron chi connectivity index (χ3n) is 3.84. The number of nitrogens with zero attached hydrogens (tertiary/aromatic N) is 3. The highest BCUT2D eigenvalue weighted by atomic mass is 16.3. The van der Waals surface area contributed by atoms with Gasteiger partial charge in [-0.05, 0) is 39.1 Å². The second-order valence-corrected chi connectivity index (χ2v) is 5.77. The van der Waals surface area contributed by atoms with Gasteiger partial charge in [0, 0.05) is 31.4 Å². The summed E-state index contributed by atoms with van der Waals surface area (Å²) in [5.41, 5.74) is 1.21. The van der Waals surface area contributed by atoms with Crippen molar-refractivity contribution in [3.8, 4) is 0 Å². The fraction of sp³-hybridized carbons (Fsp3) is 0.471. The van der Waals surface area contributed by atoms with Gasteiger partial charge in [-0.3, -0.25) is 4.68 Å². The predicted molar refractivity (Wildman–Crippen MR) is 88.5 cm³/mol. The van der Waals surface area contributed by atoms with E-state index in [4.69, 9.17) is 4.42 Å². The van der Waals surface area contributed by atoms with Gasteiger partial charge in [-0.1, -0.05) is 6.08 Å². The lowest BCUT2D eigenvalue weighted by molar-refractivity contribution is 0.270. The molecule has 0 aliphatic heterocycles. The lowest BCUT2D eigenvalue weighted by Crippen LogP contribution is -2.33. The lowest BCUT2D eigenvalue weighted by Gasteiger charge is -2.26. The molecule has 0 radical (unpaired) electrons. The van der Waals surface area contributed by atoms with Crippen LogP contribution in [0.1, 0.15) is 36.2 Å². The summed E-state index contributed by atoms with van der Waals surface area (Å²) >= 11 is 0. The Labute approximate surface area is 132 Å². The summed E-state index contributed by atoms with van der Waals surface area (Å²) in [5.74, 6) is 0.977. The summed E-state index contributed by atoms with van der Waals surface area (Å²) in [6.07, 6.45) is 9.60. The highest BCUT2D eigenvalue weighted by Gasteiger charge is 2.19. The van der Waals surface area contributed by atoms with E-state index in [1.54, 1.807) is 6.26 Å². The molecule has 2 heterocycles. The second-order valence-electron chi connectivity index (χ2n) is 5.77. The minimum absolute atomic E-state index is 0.201. The molecule has 0 amide bonds. The molecular formula is C17H26N4O. The smallest absolute Gasteiger partial charge is 0.120 e. The van der Waals surface area contributed by atoms with E-state index in [0.717, 1.165) is 25.1 Å². The van der Waals surface area contributed by atoms with Crippen LogP contribution in [0, 0.1) is 0 Å². The maximum Gasteiger partial charge on any atom is 0.120 e. The lowest BCUT2D eigenvalue weighted by atomic mass is 10.1. The van der Waals surface area contributed by atoms with Crippen LogP contribution in [0.3, 0.4) is 0 Å². The van der Waals surface area contributed by atoms with Crippen molar-refractivity contribution < 1.29 is 4.42 Å². The Kier molecular flexibility index (Phi) is 5.98. The number of likely N-dealkylation sites (N-methyl/N-ethyl adjacent to an activating group) is 1. The number of hydrogen-bond acceptors (Lipinski definition) is 4. The highest BCUT2D eigenvalue weighted by Crippen LogP contribution is 2.22. The summed E-state index contributed by atoms with van der Waals surface area (Å²) < 4.78 is 7.41. The molecular weight excluding hydrogens is 276 g/mol. The normalized spacial score (nSPS) is 14.2. The van der Waals surface area contributed by atoms with Gasteiger partial charge in [0.15, 0.2) is 0 Å². The molecule has 5 nitrogen and oxygen atoms in total. The van der Waals surface area contributed by atoms with Crippen LogP contribution >= 0.6 is 0 Å². The maximum atomic E-state index is 5.57. The van der Waals surface area contributed by atoms with E-state index >= 15 is 0 Å². The molecule has 0 saturated carbocycles. The van der Waals surface area contributed by atoms with Crippen molar-refractivity contribution in [3.05, 3.63) is 54.8 Å². The van der Waals surface area contributed by atoms with E-state index in [2.05, 4.69) is 42.2 Å². The Morgan fingerprint density at radius 1 is 1.50 bits per heavy atom. The van der Waals surface area contributed by atoms with Crippen LogP contribution in [0.25, 0.3) is 0 Å². The largest absolute Gasteiger partial charge is 0.468 e. The molecule has 0 bridgehead atoms. The van der Waals surface area contributed by atoms with Crippen molar-refractivity contribution in [2.75, 3.05) is 20.6 Å². The summed E-state index contributed by atoms with van der Waals surface area (Å²) in [4.78, 5) is 2.21. The van der Waals surface area contributed by atoms with Gasteiger partial charge in [-0.15, -0.1) is 6.58 Å². The van der Waals surface area contributed by atoms with Gasteiger partial charge in [0.1, 0.15) is 5.76 Å². The van der Waals surface area contributed by atoms with E-state index in [9.17, 15) is 0 Å². The number of furan rings is 1. The van der Waals surface area contributed by atoms with Crippen LogP contribution in [0.2, 0.25) is 0 Å². The Morgan fingerprint density at radius 3 is 2.86 bits per heavy atom. The fourth-order valence-electron chi connectivity index (χ4n) is 2.58. The molecule has 1 N–H and O–H groups in total. The minimum atomic E-state index is 0.201. The fourth-order valence-corrected chi connectivity index (χ4v) is 2.58. The van der Waals surface area contributed by atoms with Gasteiger partial charge in [-0.25, -0.2) is 0 Å². The van der Waals surface area contributed by atoms with E-state index < -0.39 is 0 Å². The van der Waals surface area contributed by atoms with Gasteiger partial charge >= 0.3 is 0 Å². The molecule has 0 unspecified atom stereocenters. The van der Waals surface area contributed by atoms with Gasteiger partial charge in [0.2, 0.25) is 0 Å². The molecule has 0 aromatic carbocycles. The Hall–Kier alpha value is -1.85. The summed E-state index contributed by atoms with van der Waals surface area (Å²) in [7, 11) is 6.12. The molecule has 2 rings (SSSR count). The van der Waals surface area contributed by atoms with Crippen LogP contribution in [0.4, 0.5) is 0 Å². The average molecular weight is 302 g/mol. The minimum Gasteiger partial charge on any atom is -0.468 e. The quantitative estimate of drug-likeness (QED) is 0.724. The van der Waals surface area contributed by atoms with Crippen LogP contribution < -0.4 is 5.32 Å². The maximum absolute atomic E-state index is 5.57. The molecule has 0 aliphatic rings. The number of rotatable bonds is 9. The van der Waals surface area contributed by atoms with E-state index in [1.807, 2.05) is 36.1 Å². The zero-order chi connectivity index (χ0) is 15.9.